The lowest BCUT2D eigenvalue weighted by Gasteiger charge is -2.40. The van der Waals surface area contributed by atoms with Crippen molar-refractivity contribution in [3.05, 3.63) is 41.1 Å². The molecular weight excluding hydrogens is 366 g/mol. The summed E-state index contributed by atoms with van der Waals surface area (Å²) in [5.74, 6) is 0.398. The summed E-state index contributed by atoms with van der Waals surface area (Å²) in [5.41, 5.74) is 2.76. The lowest BCUT2D eigenvalue weighted by molar-refractivity contribution is -0.137. The Morgan fingerprint density at radius 3 is 2.93 bits per heavy atom. The van der Waals surface area contributed by atoms with Gasteiger partial charge in [-0.05, 0) is 31.0 Å². The zero-order chi connectivity index (χ0) is 19.4. The summed E-state index contributed by atoms with van der Waals surface area (Å²) in [4.78, 5) is 31.1. The van der Waals surface area contributed by atoms with Crippen LogP contribution >= 0.6 is 11.8 Å². The van der Waals surface area contributed by atoms with Crippen LogP contribution in [0.1, 0.15) is 24.9 Å². The molecule has 0 unspecified atom stereocenters. The van der Waals surface area contributed by atoms with Gasteiger partial charge in [0.1, 0.15) is 6.61 Å². The zero-order valence-electron chi connectivity index (χ0n) is 15.7. The lowest BCUT2D eigenvalue weighted by atomic mass is 9.94. The first-order chi connectivity index (χ1) is 13.0. The van der Waals surface area contributed by atoms with Crippen LogP contribution in [0, 0.1) is 0 Å². The van der Waals surface area contributed by atoms with Crippen molar-refractivity contribution in [2.75, 3.05) is 38.4 Å². The van der Waals surface area contributed by atoms with Crippen LogP contribution in [-0.4, -0.2) is 55.1 Å². The number of thioether (sulfide) groups is 1. The number of hydrogen-bond donors (Lipinski definition) is 1. The van der Waals surface area contributed by atoms with E-state index in [0.717, 1.165) is 29.4 Å². The Morgan fingerprint density at radius 2 is 2.19 bits per heavy atom. The molecule has 1 aromatic carbocycles. The molecule has 1 N–H and O–H groups in total. The van der Waals surface area contributed by atoms with Crippen LogP contribution in [-0.2, 0) is 19.1 Å². The highest BCUT2D eigenvalue weighted by atomic mass is 32.2. The van der Waals surface area contributed by atoms with E-state index in [1.807, 2.05) is 31.2 Å². The second-order valence-electron chi connectivity index (χ2n) is 6.29. The predicted octanol–water partition coefficient (Wildman–Crippen LogP) is 2.57. The number of benzene rings is 1. The minimum atomic E-state index is -0.385. The summed E-state index contributed by atoms with van der Waals surface area (Å²) in [5, 5.41) is 3.73. The van der Waals surface area contributed by atoms with E-state index in [2.05, 4.69) is 15.2 Å². The van der Waals surface area contributed by atoms with Crippen molar-refractivity contribution >= 4 is 34.5 Å². The highest BCUT2D eigenvalue weighted by Crippen LogP contribution is 2.40. The smallest absolute Gasteiger partial charge is 0.338 e. The SMILES string of the molecule is COCC(=O)Nc1cccc([C@H]2C(C(=O)OC)=C(C)N=C3SCCCN32)c1. The number of amidine groups is 1. The van der Waals surface area contributed by atoms with Gasteiger partial charge in [-0.3, -0.25) is 4.79 Å². The van der Waals surface area contributed by atoms with Gasteiger partial charge in [-0.2, -0.15) is 0 Å². The van der Waals surface area contributed by atoms with Crippen LogP contribution in [0.2, 0.25) is 0 Å². The Kier molecular flexibility index (Phi) is 6.18. The highest BCUT2D eigenvalue weighted by Gasteiger charge is 2.37. The molecule has 2 aliphatic rings. The predicted molar refractivity (Wildman–Crippen MR) is 106 cm³/mol. The molecule has 1 fully saturated rings. The van der Waals surface area contributed by atoms with Crippen molar-refractivity contribution in [2.24, 2.45) is 4.99 Å². The fourth-order valence-electron chi connectivity index (χ4n) is 3.30. The molecule has 0 saturated carbocycles. The van der Waals surface area contributed by atoms with Crippen LogP contribution in [0.15, 0.2) is 40.5 Å². The minimum absolute atomic E-state index is 0.0142. The molecule has 0 radical (unpaired) electrons. The number of carbonyl (C=O) groups excluding carboxylic acids is 2. The number of aliphatic imine (C=N–C) groups is 1. The maximum Gasteiger partial charge on any atom is 0.338 e. The number of rotatable bonds is 5. The third kappa shape index (κ3) is 4.17. The van der Waals surface area contributed by atoms with Crippen molar-refractivity contribution < 1.29 is 19.1 Å². The van der Waals surface area contributed by atoms with Crippen molar-refractivity contribution in [3.63, 3.8) is 0 Å². The number of hydrogen-bond acceptors (Lipinski definition) is 7. The Labute approximate surface area is 162 Å². The summed E-state index contributed by atoms with van der Waals surface area (Å²) in [6.45, 7) is 2.63. The number of anilines is 1. The number of ether oxygens (including phenoxy) is 2. The molecule has 2 heterocycles. The standard InChI is InChI=1S/C19H23N3O4S/c1-12-16(18(24)26-3)17(22-8-5-9-27-19(22)20-12)13-6-4-7-14(10-13)21-15(23)11-25-2/h4,6-7,10,17H,5,8-9,11H2,1-3H3,(H,21,23)/t17-/m0/s1. The van der Waals surface area contributed by atoms with E-state index in [-0.39, 0.29) is 24.5 Å². The molecule has 0 aliphatic carbocycles. The van der Waals surface area contributed by atoms with Crippen LogP contribution in [0.25, 0.3) is 0 Å². The van der Waals surface area contributed by atoms with E-state index in [9.17, 15) is 9.59 Å². The summed E-state index contributed by atoms with van der Waals surface area (Å²) >= 11 is 1.70. The van der Waals surface area contributed by atoms with Crippen molar-refractivity contribution in [2.45, 2.75) is 19.4 Å². The van der Waals surface area contributed by atoms with Crippen molar-refractivity contribution in [1.29, 1.82) is 0 Å². The van der Waals surface area contributed by atoms with E-state index >= 15 is 0 Å². The monoisotopic (exact) mass is 389 g/mol. The van der Waals surface area contributed by atoms with Crippen LogP contribution in [0.5, 0.6) is 0 Å². The molecule has 1 atom stereocenters. The molecule has 7 nitrogen and oxygen atoms in total. The first kappa shape index (κ1) is 19.4. The molecule has 3 rings (SSSR count). The van der Waals surface area contributed by atoms with Gasteiger partial charge in [0.25, 0.3) is 0 Å². The van der Waals surface area contributed by atoms with Gasteiger partial charge in [-0.25, -0.2) is 9.79 Å². The average Bonchev–Trinajstić information content (AvgIpc) is 2.66. The third-order valence-electron chi connectivity index (χ3n) is 4.43. The zero-order valence-corrected chi connectivity index (χ0v) is 16.5. The number of nitrogens with one attached hydrogen (secondary N) is 1. The molecule has 27 heavy (non-hydrogen) atoms. The van der Waals surface area contributed by atoms with Gasteiger partial charge in [0.2, 0.25) is 5.91 Å². The van der Waals surface area contributed by atoms with Gasteiger partial charge in [0.05, 0.1) is 24.4 Å². The van der Waals surface area contributed by atoms with E-state index in [1.54, 1.807) is 11.8 Å². The van der Waals surface area contributed by atoms with Crippen LogP contribution in [0.3, 0.4) is 0 Å². The first-order valence-corrected chi connectivity index (χ1v) is 9.69. The second kappa shape index (κ2) is 8.58. The second-order valence-corrected chi connectivity index (χ2v) is 7.35. The number of nitrogens with zero attached hydrogens (tertiary/aromatic N) is 2. The van der Waals surface area contributed by atoms with Crippen molar-refractivity contribution in [3.8, 4) is 0 Å². The fourth-order valence-corrected chi connectivity index (χ4v) is 4.32. The average molecular weight is 389 g/mol. The molecule has 0 bridgehead atoms. The third-order valence-corrected chi connectivity index (χ3v) is 5.50. The van der Waals surface area contributed by atoms with Gasteiger partial charge in [-0.1, -0.05) is 23.9 Å². The van der Waals surface area contributed by atoms with Gasteiger partial charge >= 0.3 is 5.97 Å². The normalized spacial score (nSPS) is 19.3. The lowest BCUT2D eigenvalue weighted by Crippen LogP contribution is -2.42. The quantitative estimate of drug-likeness (QED) is 0.780. The Hall–Kier alpha value is -2.32. The number of esters is 1. The number of carbonyl (C=O) groups is 2. The van der Waals surface area contributed by atoms with E-state index in [4.69, 9.17) is 9.47 Å². The molecule has 8 heteroatoms. The maximum absolute atomic E-state index is 12.5. The van der Waals surface area contributed by atoms with Gasteiger partial charge in [-0.15, -0.1) is 0 Å². The molecule has 144 valence electrons. The summed E-state index contributed by atoms with van der Waals surface area (Å²) in [6, 6.07) is 7.22. The Balaban J connectivity index is 2.00. The van der Waals surface area contributed by atoms with Crippen molar-refractivity contribution in [1.82, 2.24) is 4.90 Å². The minimum Gasteiger partial charge on any atom is -0.466 e. The van der Waals surface area contributed by atoms with Crippen LogP contribution < -0.4 is 5.32 Å². The molecule has 1 saturated heterocycles. The molecule has 1 aromatic rings. The number of methoxy groups -OCH3 is 2. The molecular formula is C19H23N3O4S. The number of allylic oxidation sites excluding steroid dienone is 1. The molecule has 2 aliphatic heterocycles. The Morgan fingerprint density at radius 1 is 1.37 bits per heavy atom. The largest absolute Gasteiger partial charge is 0.466 e. The summed E-state index contributed by atoms with van der Waals surface area (Å²) in [7, 11) is 2.86. The molecule has 0 aromatic heterocycles. The highest BCUT2D eigenvalue weighted by molar-refractivity contribution is 8.13. The molecule has 1 amide bonds. The van der Waals surface area contributed by atoms with Gasteiger partial charge in [0.15, 0.2) is 5.17 Å². The van der Waals surface area contributed by atoms with E-state index in [1.165, 1.54) is 14.2 Å². The van der Waals surface area contributed by atoms with E-state index in [0.29, 0.717) is 17.0 Å². The Bertz CT molecular complexity index is 806. The fraction of sp³-hybridized carbons (Fsp3) is 0.421. The summed E-state index contributed by atoms with van der Waals surface area (Å²) < 4.78 is 9.90. The summed E-state index contributed by atoms with van der Waals surface area (Å²) in [6.07, 6.45) is 1.01. The number of amides is 1. The molecule has 0 spiro atoms. The first-order valence-electron chi connectivity index (χ1n) is 8.71. The van der Waals surface area contributed by atoms with Gasteiger partial charge < -0.3 is 19.7 Å². The topological polar surface area (TPSA) is 80.2 Å². The number of fused-ring (bicyclic) bond motifs is 1. The van der Waals surface area contributed by atoms with Gasteiger partial charge in [0, 0.05) is 25.1 Å². The van der Waals surface area contributed by atoms with Crippen LogP contribution in [0.4, 0.5) is 5.69 Å². The maximum atomic E-state index is 12.5. The van der Waals surface area contributed by atoms with E-state index < -0.39 is 0 Å².